The normalized spacial score (nSPS) is 23.6. The second-order valence-electron chi connectivity index (χ2n) is 8.08. The molecule has 7 heteroatoms. The fraction of sp³-hybridized carbons (Fsp3) is 0.269. The average Bonchev–Trinajstić information content (AvgIpc) is 3.43. The van der Waals surface area contributed by atoms with Crippen LogP contribution in [0.3, 0.4) is 0 Å². The molecule has 3 aromatic rings. The molecule has 0 radical (unpaired) electrons. The van der Waals surface area contributed by atoms with Gasteiger partial charge in [0.05, 0.1) is 25.9 Å². The van der Waals surface area contributed by atoms with Crippen LogP contribution < -0.4 is 15.4 Å². The Morgan fingerprint density at radius 3 is 2.24 bits per heavy atom. The Bertz CT molecular complexity index is 1050. The number of carbonyl (C=O) groups is 1. The molecule has 2 saturated heterocycles. The molecule has 4 atom stereocenters. The van der Waals surface area contributed by atoms with Gasteiger partial charge in [-0.15, -0.1) is 0 Å². The summed E-state index contributed by atoms with van der Waals surface area (Å²) in [6.45, 7) is 1.34. The maximum absolute atomic E-state index is 12.5. The van der Waals surface area contributed by atoms with E-state index in [2.05, 4.69) is 10.6 Å². The SMILES string of the molecule is O=C(Nc1ccc(Oc2ccccc2)cc1)N[C@H]1CO[C@H]2[C@H]1OC[C@@H]2OCc1ccccc1. The van der Waals surface area contributed by atoms with Crippen molar-refractivity contribution in [1.29, 1.82) is 0 Å². The number of anilines is 1. The summed E-state index contributed by atoms with van der Waals surface area (Å²) in [4.78, 5) is 12.5. The minimum Gasteiger partial charge on any atom is -0.457 e. The van der Waals surface area contributed by atoms with Crippen LogP contribution in [0.1, 0.15) is 5.56 Å². The van der Waals surface area contributed by atoms with Crippen molar-refractivity contribution in [3.8, 4) is 11.5 Å². The number of hydrogen-bond donors (Lipinski definition) is 2. The third-order valence-corrected chi connectivity index (χ3v) is 5.72. The minimum atomic E-state index is -0.307. The van der Waals surface area contributed by atoms with Crippen LogP contribution in [0.4, 0.5) is 10.5 Å². The second kappa shape index (κ2) is 10.0. The maximum atomic E-state index is 12.5. The van der Waals surface area contributed by atoms with Gasteiger partial charge >= 0.3 is 6.03 Å². The van der Waals surface area contributed by atoms with E-state index in [0.29, 0.717) is 31.3 Å². The van der Waals surface area contributed by atoms with Crippen LogP contribution in [0.15, 0.2) is 84.9 Å². The Labute approximate surface area is 192 Å². The molecule has 0 unspecified atom stereocenters. The molecule has 0 bridgehead atoms. The molecule has 170 valence electrons. The van der Waals surface area contributed by atoms with Gasteiger partial charge in [-0.2, -0.15) is 0 Å². The highest BCUT2D eigenvalue weighted by molar-refractivity contribution is 5.89. The number of carbonyl (C=O) groups excluding carboxylic acids is 1. The van der Waals surface area contributed by atoms with Gasteiger partial charge < -0.3 is 29.6 Å². The van der Waals surface area contributed by atoms with E-state index in [4.69, 9.17) is 18.9 Å². The fourth-order valence-corrected chi connectivity index (χ4v) is 4.07. The lowest BCUT2D eigenvalue weighted by Crippen LogP contribution is -2.46. The number of urea groups is 1. The highest BCUT2D eigenvalue weighted by Gasteiger charge is 2.48. The maximum Gasteiger partial charge on any atom is 0.319 e. The lowest BCUT2D eigenvalue weighted by molar-refractivity contribution is -0.0392. The lowest BCUT2D eigenvalue weighted by Gasteiger charge is -2.18. The van der Waals surface area contributed by atoms with E-state index < -0.39 is 0 Å². The highest BCUT2D eigenvalue weighted by atomic mass is 16.6. The summed E-state index contributed by atoms with van der Waals surface area (Å²) < 4.78 is 23.6. The zero-order chi connectivity index (χ0) is 22.5. The number of nitrogens with one attached hydrogen (secondary N) is 2. The third-order valence-electron chi connectivity index (χ3n) is 5.72. The van der Waals surface area contributed by atoms with E-state index in [-0.39, 0.29) is 30.4 Å². The molecule has 0 aliphatic carbocycles. The van der Waals surface area contributed by atoms with Crippen molar-refractivity contribution in [1.82, 2.24) is 5.32 Å². The molecule has 7 nitrogen and oxygen atoms in total. The number of hydrogen-bond acceptors (Lipinski definition) is 5. The predicted molar refractivity (Wildman–Crippen MR) is 123 cm³/mol. The fourth-order valence-electron chi connectivity index (χ4n) is 4.07. The number of ether oxygens (including phenoxy) is 4. The molecule has 3 aromatic carbocycles. The van der Waals surface area contributed by atoms with Crippen LogP contribution in [-0.2, 0) is 20.8 Å². The first-order valence-electron chi connectivity index (χ1n) is 11.0. The van der Waals surface area contributed by atoms with Gasteiger partial charge in [-0.1, -0.05) is 48.5 Å². The Morgan fingerprint density at radius 1 is 0.818 bits per heavy atom. The monoisotopic (exact) mass is 446 g/mol. The van der Waals surface area contributed by atoms with E-state index >= 15 is 0 Å². The average molecular weight is 447 g/mol. The topological polar surface area (TPSA) is 78.1 Å². The first-order valence-corrected chi connectivity index (χ1v) is 11.0. The van der Waals surface area contributed by atoms with E-state index in [1.165, 1.54) is 0 Å². The third kappa shape index (κ3) is 5.34. The molecule has 0 saturated carbocycles. The Kier molecular flexibility index (Phi) is 6.53. The zero-order valence-electron chi connectivity index (χ0n) is 18.1. The molecular formula is C26H26N2O5. The van der Waals surface area contributed by atoms with Gasteiger partial charge in [-0.05, 0) is 42.0 Å². The van der Waals surface area contributed by atoms with Crippen LogP contribution in [0.5, 0.6) is 11.5 Å². The molecule has 2 amide bonds. The van der Waals surface area contributed by atoms with Gasteiger partial charge in [0.1, 0.15) is 29.8 Å². The molecule has 2 N–H and O–H groups in total. The van der Waals surface area contributed by atoms with Crippen molar-refractivity contribution < 1.29 is 23.7 Å². The molecular weight excluding hydrogens is 420 g/mol. The predicted octanol–water partition coefficient (Wildman–Crippen LogP) is 4.35. The van der Waals surface area contributed by atoms with Crippen molar-refractivity contribution in [2.45, 2.75) is 31.0 Å². The van der Waals surface area contributed by atoms with E-state index in [9.17, 15) is 4.79 Å². The van der Waals surface area contributed by atoms with E-state index in [1.807, 2.05) is 72.8 Å². The van der Waals surface area contributed by atoms with Crippen LogP contribution in [0.25, 0.3) is 0 Å². The van der Waals surface area contributed by atoms with Crippen LogP contribution in [-0.4, -0.2) is 43.6 Å². The molecule has 33 heavy (non-hydrogen) atoms. The summed E-state index contributed by atoms with van der Waals surface area (Å²) in [6, 6.07) is 26.2. The van der Waals surface area contributed by atoms with E-state index in [0.717, 1.165) is 11.3 Å². The summed E-state index contributed by atoms with van der Waals surface area (Å²) in [7, 11) is 0. The van der Waals surface area contributed by atoms with Crippen molar-refractivity contribution in [3.05, 3.63) is 90.5 Å². The number of amides is 2. The molecule has 0 spiro atoms. The number of rotatable bonds is 7. The molecule has 2 aliphatic rings. The Morgan fingerprint density at radius 2 is 1.48 bits per heavy atom. The second-order valence-corrected chi connectivity index (χ2v) is 8.08. The summed E-state index contributed by atoms with van der Waals surface area (Å²) >= 11 is 0. The quantitative estimate of drug-likeness (QED) is 0.564. The van der Waals surface area contributed by atoms with Crippen molar-refractivity contribution in [3.63, 3.8) is 0 Å². The number of benzene rings is 3. The summed E-state index contributed by atoms with van der Waals surface area (Å²) in [5.74, 6) is 1.45. The van der Waals surface area contributed by atoms with Crippen molar-refractivity contribution in [2.24, 2.45) is 0 Å². The van der Waals surface area contributed by atoms with Crippen molar-refractivity contribution >= 4 is 11.7 Å². The highest BCUT2D eigenvalue weighted by Crippen LogP contribution is 2.29. The van der Waals surface area contributed by atoms with Crippen LogP contribution in [0.2, 0.25) is 0 Å². The molecule has 0 aromatic heterocycles. The van der Waals surface area contributed by atoms with Crippen LogP contribution >= 0.6 is 0 Å². The lowest BCUT2D eigenvalue weighted by atomic mass is 10.1. The smallest absolute Gasteiger partial charge is 0.319 e. The number of para-hydroxylation sites is 1. The molecule has 2 heterocycles. The molecule has 5 rings (SSSR count). The van der Waals surface area contributed by atoms with Crippen molar-refractivity contribution in [2.75, 3.05) is 18.5 Å². The standard InChI is InChI=1S/C26H26N2O5/c29-26(27-19-11-13-21(14-12-19)33-20-9-5-2-6-10-20)28-22-16-31-25-23(17-32-24(22)25)30-15-18-7-3-1-4-8-18/h1-14,22-25H,15-17H2,(H2,27,28,29)/t22-,23-,24-,25+/m0/s1. The van der Waals surface area contributed by atoms with Crippen LogP contribution in [0, 0.1) is 0 Å². The summed E-state index contributed by atoms with van der Waals surface area (Å²) in [6.07, 6.45) is -0.561. The van der Waals surface area contributed by atoms with Gasteiger partial charge in [0.25, 0.3) is 0 Å². The summed E-state index contributed by atoms with van der Waals surface area (Å²) in [5, 5.41) is 5.81. The Balaban J connectivity index is 1.10. The first-order chi connectivity index (χ1) is 16.2. The van der Waals surface area contributed by atoms with Gasteiger partial charge in [-0.25, -0.2) is 4.79 Å². The van der Waals surface area contributed by atoms with Gasteiger partial charge in [0.15, 0.2) is 0 Å². The largest absolute Gasteiger partial charge is 0.457 e. The van der Waals surface area contributed by atoms with Gasteiger partial charge in [0, 0.05) is 5.69 Å². The first kappa shape index (κ1) is 21.5. The minimum absolute atomic E-state index is 0.151. The van der Waals surface area contributed by atoms with E-state index in [1.54, 1.807) is 12.1 Å². The van der Waals surface area contributed by atoms with Gasteiger partial charge in [-0.3, -0.25) is 0 Å². The zero-order valence-corrected chi connectivity index (χ0v) is 18.1. The number of fused-ring (bicyclic) bond motifs is 1. The molecule has 2 aliphatic heterocycles. The summed E-state index contributed by atoms with van der Waals surface area (Å²) in [5.41, 5.74) is 1.77. The molecule has 2 fully saturated rings. The Hall–Kier alpha value is -3.39. The van der Waals surface area contributed by atoms with Gasteiger partial charge in [0.2, 0.25) is 0 Å².